The maximum absolute atomic E-state index is 12.3. The fraction of sp³-hybridized carbons (Fsp3) is 0.429. The number of carbonyl (C=O) groups is 3. The number of amides is 2. The number of aliphatic carboxylic acids is 1. The van der Waals surface area contributed by atoms with Gasteiger partial charge in [0.2, 0.25) is 11.8 Å². The van der Waals surface area contributed by atoms with E-state index < -0.39 is 36.0 Å². The molecule has 0 aliphatic heterocycles. The SMILES string of the molecule is CCC(C)C(NC(=O)CNC(=O)Cc1c(C)c2ccc(OC)cc2oc1=O)C(=O)O. The summed E-state index contributed by atoms with van der Waals surface area (Å²) in [4.78, 5) is 47.9. The minimum atomic E-state index is -1.13. The van der Waals surface area contributed by atoms with E-state index in [0.29, 0.717) is 28.7 Å². The number of benzene rings is 1. The average molecular weight is 418 g/mol. The van der Waals surface area contributed by atoms with Crippen LogP contribution >= 0.6 is 0 Å². The molecule has 2 amide bonds. The first-order valence-electron chi connectivity index (χ1n) is 9.57. The Bertz CT molecular complexity index is 1010. The first-order valence-corrected chi connectivity index (χ1v) is 9.57. The Morgan fingerprint density at radius 3 is 2.53 bits per heavy atom. The lowest BCUT2D eigenvalue weighted by atomic mass is 9.99. The van der Waals surface area contributed by atoms with Gasteiger partial charge >= 0.3 is 11.6 Å². The molecule has 0 aliphatic carbocycles. The number of hydrogen-bond donors (Lipinski definition) is 3. The molecular weight excluding hydrogens is 392 g/mol. The minimum Gasteiger partial charge on any atom is -0.497 e. The molecule has 0 aliphatic rings. The molecule has 0 fully saturated rings. The van der Waals surface area contributed by atoms with E-state index in [1.165, 1.54) is 7.11 Å². The highest BCUT2D eigenvalue weighted by Crippen LogP contribution is 2.24. The van der Waals surface area contributed by atoms with Gasteiger partial charge in [-0.05, 0) is 30.5 Å². The molecule has 2 unspecified atom stereocenters. The van der Waals surface area contributed by atoms with Crippen LogP contribution in [0.15, 0.2) is 27.4 Å². The predicted molar refractivity (Wildman–Crippen MR) is 110 cm³/mol. The van der Waals surface area contributed by atoms with Crippen LogP contribution in [0.3, 0.4) is 0 Å². The highest BCUT2D eigenvalue weighted by Gasteiger charge is 2.25. The van der Waals surface area contributed by atoms with E-state index in [4.69, 9.17) is 9.15 Å². The van der Waals surface area contributed by atoms with Gasteiger partial charge in [-0.25, -0.2) is 9.59 Å². The highest BCUT2D eigenvalue weighted by molar-refractivity contribution is 5.89. The smallest absolute Gasteiger partial charge is 0.340 e. The molecule has 9 nitrogen and oxygen atoms in total. The minimum absolute atomic E-state index is 0.189. The van der Waals surface area contributed by atoms with Crippen molar-refractivity contribution in [3.8, 4) is 5.75 Å². The lowest BCUT2D eigenvalue weighted by molar-refractivity contribution is -0.143. The molecule has 2 aromatic rings. The van der Waals surface area contributed by atoms with Crippen molar-refractivity contribution in [2.45, 2.75) is 39.7 Å². The van der Waals surface area contributed by atoms with E-state index in [1.54, 1.807) is 32.0 Å². The van der Waals surface area contributed by atoms with Gasteiger partial charge in [-0.15, -0.1) is 0 Å². The molecule has 3 N–H and O–H groups in total. The number of fused-ring (bicyclic) bond motifs is 1. The Hall–Kier alpha value is -3.36. The van der Waals surface area contributed by atoms with Crippen molar-refractivity contribution in [2.75, 3.05) is 13.7 Å². The summed E-state index contributed by atoms with van der Waals surface area (Å²) in [5.41, 5.74) is 0.500. The topological polar surface area (TPSA) is 135 Å². The number of aryl methyl sites for hydroxylation is 1. The summed E-state index contributed by atoms with van der Waals surface area (Å²) < 4.78 is 10.4. The van der Waals surface area contributed by atoms with E-state index >= 15 is 0 Å². The fourth-order valence-electron chi connectivity index (χ4n) is 3.02. The van der Waals surface area contributed by atoms with Gasteiger partial charge < -0.3 is 24.9 Å². The van der Waals surface area contributed by atoms with Crippen molar-refractivity contribution in [1.29, 1.82) is 0 Å². The summed E-state index contributed by atoms with van der Waals surface area (Å²) >= 11 is 0. The van der Waals surface area contributed by atoms with Crippen LogP contribution < -0.4 is 21.0 Å². The number of hydrogen-bond acceptors (Lipinski definition) is 6. The van der Waals surface area contributed by atoms with Crippen LogP contribution in [0.5, 0.6) is 5.75 Å². The largest absolute Gasteiger partial charge is 0.497 e. The van der Waals surface area contributed by atoms with Gasteiger partial charge in [-0.1, -0.05) is 20.3 Å². The Balaban J connectivity index is 2.06. The van der Waals surface area contributed by atoms with Crippen LogP contribution in [0.4, 0.5) is 0 Å². The summed E-state index contributed by atoms with van der Waals surface area (Å²) in [5.74, 6) is -2.02. The van der Waals surface area contributed by atoms with Gasteiger partial charge in [-0.3, -0.25) is 9.59 Å². The van der Waals surface area contributed by atoms with Crippen molar-refractivity contribution in [1.82, 2.24) is 10.6 Å². The van der Waals surface area contributed by atoms with E-state index in [2.05, 4.69) is 10.6 Å². The van der Waals surface area contributed by atoms with E-state index in [1.807, 2.05) is 6.92 Å². The average Bonchev–Trinajstić information content (AvgIpc) is 2.72. The molecule has 2 atom stereocenters. The number of carboxylic acids is 1. The van der Waals surface area contributed by atoms with Gasteiger partial charge in [0.1, 0.15) is 17.4 Å². The third-order valence-corrected chi connectivity index (χ3v) is 5.07. The quantitative estimate of drug-likeness (QED) is 0.524. The summed E-state index contributed by atoms with van der Waals surface area (Å²) in [6.07, 6.45) is 0.309. The number of methoxy groups -OCH3 is 1. The zero-order valence-corrected chi connectivity index (χ0v) is 17.4. The standard InChI is InChI=1S/C21H26N2O7/c1-5-11(2)19(20(26)27)23-18(25)10-22-17(24)9-15-12(3)14-7-6-13(29-4)8-16(14)30-21(15)28/h6-8,11,19H,5,9-10H2,1-4H3,(H,22,24)(H,23,25)(H,26,27). The first-order chi connectivity index (χ1) is 14.2. The lowest BCUT2D eigenvalue weighted by Crippen LogP contribution is -2.48. The lowest BCUT2D eigenvalue weighted by Gasteiger charge is -2.20. The normalized spacial score (nSPS) is 12.8. The third kappa shape index (κ3) is 5.37. The summed E-state index contributed by atoms with van der Waals surface area (Å²) in [5, 5.41) is 14.7. The second kappa shape index (κ2) is 9.91. The Morgan fingerprint density at radius 2 is 1.93 bits per heavy atom. The molecular formula is C21H26N2O7. The van der Waals surface area contributed by atoms with Crippen LogP contribution in [0.2, 0.25) is 0 Å². The zero-order valence-electron chi connectivity index (χ0n) is 17.4. The second-order valence-corrected chi connectivity index (χ2v) is 7.08. The van der Waals surface area contributed by atoms with Crippen molar-refractivity contribution in [2.24, 2.45) is 5.92 Å². The van der Waals surface area contributed by atoms with Gasteiger partial charge in [0, 0.05) is 11.5 Å². The second-order valence-electron chi connectivity index (χ2n) is 7.08. The van der Waals surface area contributed by atoms with E-state index in [9.17, 15) is 24.3 Å². The monoisotopic (exact) mass is 418 g/mol. The Kier molecular flexibility index (Phi) is 7.57. The van der Waals surface area contributed by atoms with Crippen LogP contribution in [0.1, 0.15) is 31.4 Å². The Morgan fingerprint density at radius 1 is 1.23 bits per heavy atom. The van der Waals surface area contributed by atoms with Crippen molar-refractivity contribution < 1.29 is 28.6 Å². The molecule has 9 heteroatoms. The highest BCUT2D eigenvalue weighted by atomic mass is 16.5. The van der Waals surface area contributed by atoms with Crippen LogP contribution in [0.25, 0.3) is 11.0 Å². The van der Waals surface area contributed by atoms with Crippen LogP contribution in [-0.4, -0.2) is 42.6 Å². The molecule has 0 saturated heterocycles. The van der Waals surface area contributed by atoms with Gasteiger partial charge in [-0.2, -0.15) is 0 Å². The molecule has 2 rings (SSSR count). The molecule has 0 radical (unpaired) electrons. The molecule has 1 heterocycles. The summed E-state index contributed by atoms with van der Waals surface area (Å²) in [7, 11) is 1.50. The Labute approximate surface area is 173 Å². The fourth-order valence-corrected chi connectivity index (χ4v) is 3.02. The van der Waals surface area contributed by atoms with Crippen molar-refractivity contribution in [3.63, 3.8) is 0 Å². The number of rotatable bonds is 9. The van der Waals surface area contributed by atoms with Gasteiger partial charge in [0.25, 0.3) is 0 Å². The molecule has 0 bridgehead atoms. The molecule has 0 spiro atoms. The maximum atomic E-state index is 12.3. The summed E-state index contributed by atoms with van der Waals surface area (Å²) in [6.45, 7) is 4.86. The third-order valence-electron chi connectivity index (χ3n) is 5.07. The number of nitrogens with one attached hydrogen (secondary N) is 2. The number of ether oxygens (including phenoxy) is 1. The zero-order chi connectivity index (χ0) is 22.4. The molecule has 162 valence electrons. The van der Waals surface area contributed by atoms with E-state index in [0.717, 1.165) is 0 Å². The summed E-state index contributed by atoms with van der Waals surface area (Å²) in [6, 6.07) is 4.02. The predicted octanol–water partition coefficient (Wildman–Crippen LogP) is 1.38. The van der Waals surface area contributed by atoms with Gasteiger partial charge in [0.05, 0.1) is 25.6 Å². The van der Waals surface area contributed by atoms with Crippen molar-refractivity contribution >= 4 is 28.8 Å². The van der Waals surface area contributed by atoms with Crippen LogP contribution in [0, 0.1) is 12.8 Å². The molecule has 1 aromatic carbocycles. The van der Waals surface area contributed by atoms with Crippen molar-refractivity contribution in [3.05, 3.63) is 39.7 Å². The maximum Gasteiger partial charge on any atom is 0.340 e. The number of carboxylic acid groups (broad SMARTS) is 1. The first kappa shape index (κ1) is 22.9. The molecule has 30 heavy (non-hydrogen) atoms. The molecule has 1 aromatic heterocycles. The van der Waals surface area contributed by atoms with E-state index in [-0.39, 0.29) is 17.9 Å². The molecule has 0 saturated carbocycles. The number of carbonyl (C=O) groups excluding carboxylic acids is 2. The van der Waals surface area contributed by atoms with Crippen LogP contribution in [-0.2, 0) is 20.8 Å². The van der Waals surface area contributed by atoms with Gasteiger partial charge in [0.15, 0.2) is 0 Å².